The largest absolute Gasteiger partial charge is 0.494 e. The highest BCUT2D eigenvalue weighted by Crippen LogP contribution is 2.16. The van der Waals surface area contributed by atoms with Gasteiger partial charge >= 0.3 is 0 Å². The molecule has 1 fully saturated rings. The van der Waals surface area contributed by atoms with Crippen LogP contribution in [0.25, 0.3) is 0 Å². The molecule has 1 amide bonds. The minimum Gasteiger partial charge on any atom is -0.494 e. The third kappa shape index (κ3) is 5.75. The van der Waals surface area contributed by atoms with Gasteiger partial charge in [0.1, 0.15) is 5.75 Å². The molecule has 0 aliphatic carbocycles. The fourth-order valence-corrected chi connectivity index (χ4v) is 3.23. The van der Waals surface area contributed by atoms with E-state index in [2.05, 4.69) is 29.2 Å². The molecule has 0 radical (unpaired) electrons. The van der Waals surface area contributed by atoms with Crippen molar-refractivity contribution in [3.8, 4) is 5.75 Å². The van der Waals surface area contributed by atoms with Gasteiger partial charge in [0.05, 0.1) is 6.61 Å². The van der Waals surface area contributed by atoms with Crippen LogP contribution in [0.1, 0.15) is 18.4 Å². The summed E-state index contributed by atoms with van der Waals surface area (Å²) in [6.07, 6.45) is 1.26. The maximum absolute atomic E-state index is 12.4. The number of ether oxygens (including phenoxy) is 1. The molecule has 26 heavy (non-hydrogen) atoms. The maximum Gasteiger partial charge on any atom is 0.222 e. The highest BCUT2D eigenvalue weighted by molar-refractivity contribution is 6.30. The third-order valence-electron chi connectivity index (χ3n) is 4.59. The van der Waals surface area contributed by atoms with Crippen molar-refractivity contribution in [3.05, 3.63) is 65.2 Å². The lowest BCUT2D eigenvalue weighted by Crippen LogP contribution is -2.48. The van der Waals surface area contributed by atoms with E-state index in [1.807, 2.05) is 23.1 Å². The monoisotopic (exact) mass is 372 g/mol. The van der Waals surface area contributed by atoms with Crippen molar-refractivity contribution in [2.75, 3.05) is 32.8 Å². The van der Waals surface area contributed by atoms with Gasteiger partial charge in [-0.05, 0) is 36.2 Å². The summed E-state index contributed by atoms with van der Waals surface area (Å²) < 4.78 is 5.64. The number of halogens is 1. The lowest BCUT2D eigenvalue weighted by molar-refractivity contribution is -0.133. The normalized spacial score (nSPS) is 15.0. The fourth-order valence-electron chi connectivity index (χ4n) is 3.10. The molecule has 0 N–H and O–H groups in total. The van der Waals surface area contributed by atoms with E-state index in [9.17, 15) is 4.79 Å². The SMILES string of the molecule is O=C(CCCOc1ccc(Cl)cc1)N1CCN(Cc2ccccc2)CC1. The zero-order valence-corrected chi connectivity index (χ0v) is 15.7. The number of amides is 1. The molecule has 1 aliphatic rings. The molecule has 4 nitrogen and oxygen atoms in total. The molecule has 0 atom stereocenters. The van der Waals surface area contributed by atoms with Gasteiger partial charge in [-0.1, -0.05) is 41.9 Å². The van der Waals surface area contributed by atoms with E-state index in [0.29, 0.717) is 18.1 Å². The topological polar surface area (TPSA) is 32.8 Å². The van der Waals surface area contributed by atoms with E-state index in [1.54, 1.807) is 12.1 Å². The summed E-state index contributed by atoms with van der Waals surface area (Å²) in [6.45, 7) is 4.98. The summed E-state index contributed by atoms with van der Waals surface area (Å²) in [5.41, 5.74) is 1.33. The third-order valence-corrected chi connectivity index (χ3v) is 4.84. The van der Waals surface area contributed by atoms with E-state index >= 15 is 0 Å². The van der Waals surface area contributed by atoms with Gasteiger partial charge in [0.25, 0.3) is 0 Å². The molecule has 0 spiro atoms. The average molecular weight is 373 g/mol. The molecule has 3 rings (SSSR count). The Hall–Kier alpha value is -2.04. The van der Waals surface area contributed by atoms with Crippen LogP contribution >= 0.6 is 11.6 Å². The molecule has 0 aromatic heterocycles. The average Bonchev–Trinajstić information content (AvgIpc) is 2.68. The van der Waals surface area contributed by atoms with E-state index in [4.69, 9.17) is 16.3 Å². The van der Waals surface area contributed by atoms with E-state index in [-0.39, 0.29) is 5.91 Å². The maximum atomic E-state index is 12.4. The second kappa shape index (κ2) is 9.60. The summed E-state index contributed by atoms with van der Waals surface area (Å²) in [5, 5.41) is 0.693. The predicted molar refractivity (Wildman–Crippen MR) is 104 cm³/mol. The summed E-state index contributed by atoms with van der Waals surface area (Å²) >= 11 is 5.85. The number of benzene rings is 2. The number of hydrogen-bond donors (Lipinski definition) is 0. The van der Waals surface area contributed by atoms with Crippen LogP contribution in [0.4, 0.5) is 0 Å². The lowest BCUT2D eigenvalue weighted by Gasteiger charge is -2.34. The number of carbonyl (C=O) groups is 1. The van der Waals surface area contributed by atoms with Crippen molar-refractivity contribution >= 4 is 17.5 Å². The molecule has 1 saturated heterocycles. The smallest absolute Gasteiger partial charge is 0.222 e. The standard InChI is InChI=1S/C21H25ClN2O2/c22-19-8-10-20(11-9-19)26-16-4-7-21(25)24-14-12-23(13-15-24)17-18-5-2-1-3-6-18/h1-3,5-6,8-11H,4,7,12-17H2. The molecule has 0 saturated carbocycles. The van der Waals surface area contributed by atoms with Gasteiger partial charge in [-0.15, -0.1) is 0 Å². The molecule has 0 bridgehead atoms. The van der Waals surface area contributed by atoms with Gasteiger partial charge < -0.3 is 9.64 Å². The summed E-state index contributed by atoms with van der Waals surface area (Å²) in [4.78, 5) is 16.7. The van der Waals surface area contributed by atoms with Crippen molar-refractivity contribution in [1.82, 2.24) is 9.80 Å². The minimum absolute atomic E-state index is 0.226. The molecule has 5 heteroatoms. The van der Waals surface area contributed by atoms with Crippen molar-refractivity contribution in [2.45, 2.75) is 19.4 Å². The zero-order valence-electron chi connectivity index (χ0n) is 14.9. The number of piperazine rings is 1. The summed E-state index contributed by atoms with van der Waals surface area (Å²) in [5.74, 6) is 1.01. The first kappa shape index (κ1) is 18.7. The Morgan fingerprint density at radius 2 is 1.65 bits per heavy atom. The number of hydrogen-bond acceptors (Lipinski definition) is 3. The van der Waals surface area contributed by atoms with E-state index < -0.39 is 0 Å². The summed E-state index contributed by atoms with van der Waals surface area (Å²) in [6, 6.07) is 17.8. The van der Waals surface area contributed by atoms with Gasteiger partial charge in [-0.25, -0.2) is 0 Å². The predicted octanol–water partition coefficient (Wildman–Crippen LogP) is 3.84. The fraction of sp³-hybridized carbons (Fsp3) is 0.381. The van der Waals surface area contributed by atoms with Gasteiger partial charge in [0, 0.05) is 44.2 Å². The number of carbonyl (C=O) groups excluding carboxylic acids is 1. The molecular weight excluding hydrogens is 348 g/mol. The molecule has 2 aromatic carbocycles. The van der Waals surface area contributed by atoms with Crippen LogP contribution in [-0.4, -0.2) is 48.5 Å². The molecule has 1 heterocycles. The second-order valence-corrected chi connectivity index (χ2v) is 6.98. The van der Waals surface area contributed by atoms with Crippen molar-refractivity contribution in [2.24, 2.45) is 0 Å². The Labute approximate surface area is 160 Å². The van der Waals surface area contributed by atoms with Crippen LogP contribution < -0.4 is 4.74 Å². The van der Waals surface area contributed by atoms with Crippen LogP contribution in [0.5, 0.6) is 5.75 Å². The van der Waals surface area contributed by atoms with Gasteiger partial charge in [0.2, 0.25) is 5.91 Å². The zero-order chi connectivity index (χ0) is 18.2. The van der Waals surface area contributed by atoms with Gasteiger partial charge in [-0.2, -0.15) is 0 Å². The van der Waals surface area contributed by atoms with E-state index in [0.717, 1.165) is 44.9 Å². The van der Waals surface area contributed by atoms with Crippen LogP contribution in [0.3, 0.4) is 0 Å². The highest BCUT2D eigenvalue weighted by atomic mass is 35.5. The molecule has 1 aliphatic heterocycles. The highest BCUT2D eigenvalue weighted by Gasteiger charge is 2.20. The van der Waals surface area contributed by atoms with Crippen LogP contribution in [0, 0.1) is 0 Å². The Morgan fingerprint density at radius 1 is 0.962 bits per heavy atom. The Balaban J connectivity index is 1.32. The minimum atomic E-state index is 0.226. The van der Waals surface area contributed by atoms with E-state index in [1.165, 1.54) is 5.56 Å². The van der Waals surface area contributed by atoms with Gasteiger partial charge in [-0.3, -0.25) is 9.69 Å². The first-order chi connectivity index (χ1) is 12.7. The number of nitrogens with zero attached hydrogens (tertiary/aromatic N) is 2. The Bertz CT molecular complexity index is 683. The van der Waals surface area contributed by atoms with Crippen molar-refractivity contribution in [1.29, 1.82) is 0 Å². The van der Waals surface area contributed by atoms with Crippen LogP contribution in [0.15, 0.2) is 54.6 Å². The van der Waals surface area contributed by atoms with Crippen LogP contribution in [-0.2, 0) is 11.3 Å². The molecular formula is C21H25ClN2O2. The Kier molecular flexibility index (Phi) is 6.92. The van der Waals surface area contributed by atoms with Crippen LogP contribution in [0.2, 0.25) is 5.02 Å². The Morgan fingerprint density at radius 3 is 2.35 bits per heavy atom. The molecule has 138 valence electrons. The second-order valence-electron chi connectivity index (χ2n) is 6.55. The first-order valence-electron chi connectivity index (χ1n) is 9.13. The van der Waals surface area contributed by atoms with Crippen molar-refractivity contribution < 1.29 is 9.53 Å². The van der Waals surface area contributed by atoms with Gasteiger partial charge in [0.15, 0.2) is 0 Å². The summed E-state index contributed by atoms with van der Waals surface area (Å²) in [7, 11) is 0. The lowest BCUT2D eigenvalue weighted by atomic mass is 10.2. The molecule has 0 unspecified atom stereocenters. The molecule has 2 aromatic rings. The number of rotatable bonds is 7. The first-order valence-corrected chi connectivity index (χ1v) is 9.51. The van der Waals surface area contributed by atoms with Crippen molar-refractivity contribution in [3.63, 3.8) is 0 Å². The quantitative estimate of drug-likeness (QED) is 0.692.